The van der Waals surface area contributed by atoms with Gasteiger partial charge in [-0.05, 0) is 74.4 Å². The third-order valence-electron chi connectivity index (χ3n) is 5.52. The van der Waals surface area contributed by atoms with Gasteiger partial charge in [0.05, 0.1) is 21.8 Å². The summed E-state index contributed by atoms with van der Waals surface area (Å²) in [6.07, 6.45) is 0. The first-order valence-corrected chi connectivity index (χ1v) is 12.6. The zero-order valence-corrected chi connectivity index (χ0v) is 21.8. The number of benzene rings is 2. The maximum Gasteiger partial charge on any atom is 0.333 e. The molecule has 9 heteroatoms. The number of aliphatic hydroxyl groups is 2. The number of hydrogen-bond donors (Lipinski definition) is 4. The Labute approximate surface area is 201 Å². The van der Waals surface area contributed by atoms with Crippen molar-refractivity contribution >= 4 is 21.7 Å². The molecule has 2 rings (SSSR count). The van der Waals surface area contributed by atoms with Crippen LogP contribution >= 0.6 is 0 Å². The lowest BCUT2D eigenvalue weighted by molar-refractivity contribution is 0.0713. The van der Waals surface area contributed by atoms with E-state index in [4.69, 9.17) is 0 Å². The maximum absolute atomic E-state index is 14.6. The van der Waals surface area contributed by atoms with E-state index < -0.39 is 33.1 Å². The van der Waals surface area contributed by atoms with Gasteiger partial charge in [0.15, 0.2) is 0 Å². The monoisotopic (exact) mass is 494 g/mol. The number of nitrogens with one attached hydrogen (secondary N) is 2. The summed E-state index contributed by atoms with van der Waals surface area (Å²) in [7, 11) is -4.40. The molecule has 0 aliphatic heterocycles. The van der Waals surface area contributed by atoms with Crippen LogP contribution < -0.4 is 10.0 Å². The first-order valence-electron chi connectivity index (χ1n) is 11.1. The molecular weight excluding hydrogens is 459 g/mol. The van der Waals surface area contributed by atoms with Crippen LogP contribution in [0, 0.1) is 5.82 Å². The molecule has 0 atom stereocenters. The Kier molecular flexibility index (Phi) is 7.87. The van der Waals surface area contributed by atoms with Crippen LogP contribution in [0.4, 0.5) is 14.9 Å². The molecule has 2 aromatic rings. The van der Waals surface area contributed by atoms with E-state index >= 15 is 0 Å². The number of carbonyl (C=O) groups is 1. The highest BCUT2D eigenvalue weighted by Gasteiger charge is 2.28. The second kappa shape index (κ2) is 9.64. The van der Waals surface area contributed by atoms with Crippen LogP contribution in [0.25, 0.3) is 0 Å². The zero-order valence-electron chi connectivity index (χ0n) is 20.9. The molecular formula is C25H35FN2O5S. The first kappa shape index (κ1) is 27.8. The van der Waals surface area contributed by atoms with Gasteiger partial charge in [0.1, 0.15) is 5.82 Å². The predicted octanol–water partition coefficient (Wildman–Crippen LogP) is 5.04. The number of sulfonamides is 1. The van der Waals surface area contributed by atoms with Gasteiger partial charge in [-0.25, -0.2) is 22.3 Å². The molecule has 0 radical (unpaired) electrons. The van der Waals surface area contributed by atoms with Gasteiger partial charge >= 0.3 is 6.03 Å². The molecule has 2 aromatic carbocycles. The lowest BCUT2D eigenvalue weighted by Gasteiger charge is -2.25. The van der Waals surface area contributed by atoms with E-state index in [1.165, 1.54) is 52.0 Å². The molecule has 0 saturated heterocycles. The van der Waals surface area contributed by atoms with Crippen molar-refractivity contribution < 1.29 is 27.8 Å². The lowest BCUT2D eigenvalue weighted by atomic mass is 9.91. The fourth-order valence-corrected chi connectivity index (χ4v) is 4.55. The third-order valence-corrected chi connectivity index (χ3v) is 6.83. The van der Waals surface area contributed by atoms with Gasteiger partial charge in [0.25, 0.3) is 10.0 Å². The van der Waals surface area contributed by atoms with Crippen molar-refractivity contribution in [1.82, 2.24) is 4.72 Å². The second-order valence-corrected chi connectivity index (χ2v) is 11.8. The molecule has 0 saturated carbocycles. The maximum atomic E-state index is 14.6. The van der Waals surface area contributed by atoms with E-state index in [1.807, 2.05) is 18.6 Å². The topological polar surface area (TPSA) is 116 Å². The summed E-state index contributed by atoms with van der Waals surface area (Å²) in [6.45, 7) is 13.3. The summed E-state index contributed by atoms with van der Waals surface area (Å²) in [6, 6.07) is 5.85. The number of carbonyl (C=O) groups excluding carboxylic acids is 1. The van der Waals surface area contributed by atoms with E-state index in [0.29, 0.717) is 5.56 Å². The predicted molar refractivity (Wildman–Crippen MR) is 131 cm³/mol. The van der Waals surface area contributed by atoms with Gasteiger partial charge in [-0.2, -0.15) is 0 Å². The quantitative estimate of drug-likeness (QED) is 0.430. The summed E-state index contributed by atoms with van der Waals surface area (Å²) in [5.41, 5.74) is -1.09. The Morgan fingerprint density at radius 1 is 0.912 bits per heavy atom. The molecule has 0 bridgehead atoms. The van der Waals surface area contributed by atoms with Gasteiger partial charge in [0.2, 0.25) is 0 Å². The summed E-state index contributed by atoms with van der Waals surface area (Å²) in [5, 5.41) is 23.4. The molecule has 188 valence electrons. The largest absolute Gasteiger partial charge is 0.386 e. The highest BCUT2D eigenvalue weighted by Crippen LogP contribution is 2.35. The van der Waals surface area contributed by atoms with Gasteiger partial charge in [-0.15, -0.1) is 0 Å². The van der Waals surface area contributed by atoms with Crippen molar-refractivity contribution in [1.29, 1.82) is 0 Å². The number of amides is 2. The lowest BCUT2D eigenvalue weighted by Crippen LogP contribution is -2.35. The molecule has 0 heterocycles. The second-order valence-electron chi connectivity index (χ2n) is 10.2. The van der Waals surface area contributed by atoms with E-state index in [-0.39, 0.29) is 39.1 Å². The Bertz CT molecular complexity index is 1140. The number of halogens is 1. The van der Waals surface area contributed by atoms with E-state index in [2.05, 4.69) is 5.32 Å². The molecule has 4 N–H and O–H groups in total. The normalized spacial score (nSPS) is 12.9. The molecule has 0 aliphatic rings. The fourth-order valence-electron chi connectivity index (χ4n) is 3.58. The Balaban J connectivity index is 2.50. The van der Waals surface area contributed by atoms with Gasteiger partial charge in [0, 0.05) is 5.56 Å². The van der Waals surface area contributed by atoms with Crippen molar-refractivity contribution in [2.75, 3.05) is 5.32 Å². The summed E-state index contributed by atoms with van der Waals surface area (Å²) in [5.74, 6) is -0.809. The molecule has 0 aliphatic carbocycles. The van der Waals surface area contributed by atoms with Crippen LogP contribution in [-0.2, 0) is 21.2 Å². The number of rotatable bonds is 7. The van der Waals surface area contributed by atoms with Crippen LogP contribution in [0.1, 0.15) is 89.5 Å². The van der Waals surface area contributed by atoms with E-state index in [9.17, 15) is 27.8 Å². The molecule has 0 unspecified atom stereocenters. The summed E-state index contributed by atoms with van der Waals surface area (Å²) < 4.78 is 42.7. The van der Waals surface area contributed by atoms with Crippen LogP contribution in [0.2, 0.25) is 0 Å². The van der Waals surface area contributed by atoms with Gasteiger partial charge < -0.3 is 15.5 Å². The Morgan fingerprint density at radius 3 is 1.82 bits per heavy atom. The highest BCUT2D eigenvalue weighted by atomic mass is 32.2. The van der Waals surface area contributed by atoms with Crippen molar-refractivity contribution in [3.63, 3.8) is 0 Å². The molecule has 34 heavy (non-hydrogen) atoms. The molecule has 0 spiro atoms. The average Bonchev–Trinajstić information content (AvgIpc) is 2.65. The molecule has 2 amide bonds. The Morgan fingerprint density at radius 2 is 1.41 bits per heavy atom. The Hall–Kier alpha value is -2.49. The van der Waals surface area contributed by atoms with Gasteiger partial charge in [-0.3, -0.25) is 0 Å². The number of urea groups is 1. The van der Waals surface area contributed by atoms with Crippen LogP contribution in [0.5, 0.6) is 0 Å². The standard InChI is InChI=1S/C25H35FN2O5S/c1-14(2)19-9-10-20(26)21(15(3)4)22(19)27-23(29)28-34(32,33)18-12-16(24(5,6)30)11-17(13-18)25(7,8)31/h9-15,30-31H,1-8H3,(H2,27,28,29). The third kappa shape index (κ3) is 6.34. The van der Waals surface area contributed by atoms with Crippen molar-refractivity contribution in [2.45, 2.75) is 83.3 Å². The van der Waals surface area contributed by atoms with Crippen LogP contribution in [-0.4, -0.2) is 24.7 Å². The van der Waals surface area contributed by atoms with Gasteiger partial charge in [-0.1, -0.05) is 39.8 Å². The van der Waals surface area contributed by atoms with E-state index in [0.717, 1.165) is 0 Å². The number of hydrogen-bond acceptors (Lipinski definition) is 5. The SMILES string of the molecule is CC(C)c1ccc(F)c(C(C)C)c1NC(=O)NS(=O)(=O)c1cc(C(C)(C)O)cc(C(C)(C)O)c1. The fraction of sp³-hybridized carbons (Fsp3) is 0.480. The van der Waals surface area contributed by atoms with Crippen molar-refractivity contribution in [2.24, 2.45) is 0 Å². The zero-order chi connectivity index (χ0) is 26.2. The molecule has 0 fully saturated rings. The minimum absolute atomic E-state index is 0.0529. The van der Waals surface area contributed by atoms with Crippen molar-refractivity contribution in [3.05, 3.63) is 58.4 Å². The number of anilines is 1. The van der Waals surface area contributed by atoms with Crippen LogP contribution in [0.15, 0.2) is 35.2 Å². The highest BCUT2D eigenvalue weighted by molar-refractivity contribution is 7.90. The summed E-state index contributed by atoms with van der Waals surface area (Å²) in [4.78, 5) is 12.5. The molecule has 0 aromatic heterocycles. The van der Waals surface area contributed by atoms with Crippen molar-refractivity contribution in [3.8, 4) is 0 Å². The first-order chi connectivity index (χ1) is 15.3. The average molecular weight is 495 g/mol. The van der Waals surface area contributed by atoms with E-state index in [1.54, 1.807) is 19.9 Å². The molecule has 7 nitrogen and oxygen atoms in total. The summed E-state index contributed by atoms with van der Waals surface area (Å²) >= 11 is 0. The van der Waals surface area contributed by atoms with Crippen LogP contribution in [0.3, 0.4) is 0 Å². The minimum atomic E-state index is -4.40. The smallest absolute Gasteiger partial charge is 0.333 e. The minimum Gasteiger partial charge on any atom is -0.386 e.